The van der Waals surface area contributed by atoms with Crippen molar-refractivity contribution in [3.8, 4) is 11.3 Å². The van der Waals surface area contributed by atoms with Gasteiger partial charge in [-0.05, 0) is 55.0 Å². The number of aryl methyl sites for hydroxylation is 1. The van der Waals surface area contributed by atoms with Gasteiger partial charge >= 0.3 is 0 Å². The number of benzene rings is 2. The lowest BCUT2D eigenvalue weighted by molar-refractivity contribution is 0.101. The van der Waals surface area contributed by atoms with Crippen molar-refractivity contribution < 1.29 is 13.7 Å². The predicted octanol–water partition coefficient (Wildman–Crippen LogP) is 4.69. The van der Waals surface area contributed by atoms with Crippen LogP contribution in [0.5, 0.6) is 0 Å². The molecular formula is C17H12ClFN2O2. The molecule has 0 bridgehead atoms. The first-order valence-electron chi connectivity index (χ1n) is 6.83. The van der Waals surface area contributed by atoms with E-state index in [-0.39, 0.29) is 11.5 Å². The Hall–Kier alpha value is -2.66. The Balaban J connectivity index is 1.79. The first kappa shape index (κ1) is 15.2. The molecule has 0 radical (unpaired) electrons. The van der Waals surface area contributed by atoms with Gasteiger partial charge in [0.1, 0.15) is 5.82 Å². The average Bonchev–Trinajstić information content (AvgIpc) is 3.01. The van der Waals surface area contributed by atoms with Gasteiger partial charge in [0.25, 0.3) is 5.91 Å². The van der Waals surface area contributed by atoms with Crippen molar-refractivity contribution in [3.63, 3.8) is 0 Å². The zero-order valence-electron chi connectivity index (χ0n) is 12.1. The molecule has 0 aliphatic heterocycles. The summed E-state index contributed by atoms with van der Waals surface area (Å²) in [6.07, 6.45) is 0. The van der Waals surface area contributed by atoms with Crippen molar-refractivity contribution in [2.75, 3.05) is 5.32 Å². The zero-order valence-corrected chi connectivity index (χ0v) is 12.9. The molecule has 1 heterocycles. The van der Waals surface area contributed by atoms with Gasteiger partial charge in [-0.2, -0.15) is 0 Å². The molecule has 6 heteroatoms. The number of nitrogens with zero attached hydrogens (tertiary/aromatic N) is 1. The van der Waals surface area contributed by atoms with Gasteiger partial charge in [0.15, 0.2) is 11.5 Å². The van der Waals surface area contributed by atoms with Crippen LogP contribution in [0, 0.1) is 12.7 Å². The molecule has 23 heavy (non-hydrogen) atoms. The molecule has 2 aromatic carbocycles. The van der Waals surface area contributed by atoms with Crippen molar-refractivity contribution >= 4 is 23.2 Å². The van der Waals surface area contributed by atoms with Crippen LogP contribution >= 0.6 is 11.6 Å². The number of aromatic nitrogens is 1. The minimum absolute atomic E-state index is 0.138. The second-order valence-electron chi connectivity index (χ2n) is 5.00. The number of carbonyl (C=O) groups excluding carboxylic acids is 1. The molecular weight excluding hydrogens is 319 g/mol. The van der Waals surface area contributed by atoms with E-state index in [2.05, 4.69) is 10.5 Å². The molecule has 3 rings (SSSR count). The number of hydrogen-bond acceptors (Lipinski definition) is 3. The second-order valence-corrected chi connectivity index (χ2v) is 5.43. The summed E-state index contributed by atoms with van der Waals surface area (Å²) in [7, 11) is 0. The van der Waals surface area contributed by atoms with Gasteiger partial charge in [-0.15, -0.1) is 0 Å². The second kappa shape index (κ2) is 6.22. The Morgan fingerprint density at radius 2 is 1.91 bits per heavy atom. The lowest BCUT2D eigenvalue weighted by Gasteiger charge is -2.06. The van der Waals surface area contributed by atoms with Crippen molar-refractivity contribution in [2.24, 2.45) is 0 Å². The zero-order chi connectivity index (χ0) is 16.4. The highest BCUT2D eigenvalue weighted by Gasteiger charge is 2.15. The normalized spacial score (nSPS) is 10.6. The Morgan fingerprint density at radius 3 is 2.61 bits per heavy atom. The highest BCUT2D eigenvalue weighted by atomic mass is 35.5. The van der Waals surface area contributed by atoms with Crippen LogP contribution in [0.3, 0.4) is 0 Å². The largest absolute Gasteiger partial charge is 0.355 e. The van der Waals surface area contributed by atoms with Gasteiger partial charge in [0.05, 0.1) is 0 Å². The van der Waals surface area contributed by atoms with Gasteiger partial charge < -0.3 is 9.84 Å². The first-order chi connectivity index (χ1) is 11.0. The minimum atomic E-state index is -0.396. The van der Waals surface area contributed by atoms with Gasteiger partial charge in [0, 0.05) is 22.3 Å². The van der Waals surface area contributed by atoms with E-state index in [4.69, 9.17) is 16.1 Å². The number of halogens is 2. The fraction of sp³-hybridized carbons (Fsp3) is 0.0588. The van der Waals surface area contributed by atoms with Gasteiger partial charge in [-0.3, -0.25) is 4.79 Å². The molecule has 4 nitrogen and oxygen atoms in total. The highest BCUT2D eigenvalue weighted by Crippen LogP contribution is 2.23. The third-order valence-electron chi connectivity index (χ3n) is 3.31. The van der Waals surface area contributed by atoms with Crippen LogP contribution in [0.25, 0.3) is 11.3 Å². The van der Waals surface area contributed by atoms with E-state index in [0.29, 0.717) is 22.0 Å². The number of amides is 1. The van der Waals surface area contributed by atoms with Crippen LogP contribution in [-0.2, 0) is 0 Å². The minimum Gasteiger partial charge on any atom is -0.355 e. The van der Waals surface area contributed by atoms with E-state index in [1.54, 1.807) is 30.3 Å². The molecule has 0 fully saturated rings. The third kappa shape index (κ3) is 3.40. The molecule has 0 aliphatic carbocycles. The summed E-state index contributed by atoms with van der Waals surface area (Å²) in [5, 5.41) is 7.10. The van der Waals surface area contributed by atoms with Crippen LogP contribution in [0.1, 0.15) is 16.1 Å². The molecule has 0 unspecified atom stereocenters. The molecule has 0 aliphatic rings. The SMILES string of the molecule is Cc1cc(Cl)ccc1NC(=O)c1cc(-c2ccc(F)cc2)on1. The maximum atomic E-state index is 12.9. The van der Waals surface area contributed by atoms with E-state index >= 15 is 0 Å². The van der Waals surface area contributed by atoms with E-state index in [9.17, 15) is 9.18 Å². The fourth-order valence-electron chi connectivity index (χ4n) is 2.09. The maximum absolute atomic E-state index is 12.9. The van der Waals surface area contributed by atoms with Crippen LogP contribution in [0.15, 0.2) is 53.1 Å². The molecule has 3 aromatic rings. The topological polar surface area (TPSA) is 55.1 Å². The van der Waals surface area contributed by atoms with Gasteiger partial charge in [-0.1, -0.05) is 16.8 Å². The molecule has 0 atom stereocenters. The van der Waals surface area contributed by atoms with E-state index in [1.165, 1.54) is 18.2 Å². The van der Waals surface area contributed by atoms with Crippen LogP contribution in [-0.4, -0.2) is 11.1 Å². The number of anilines is 1. The summed E-state index contributed by atoms with van der Waals surface area (Å²) in [5.74, 6) is -0.347. The predicted molar refractivity (Wildman–Crippen MR) is 86.0 cm³/mol. The molecule has 0 saturated carbocycles. The number of nitrogens with one attached hydrogen (secondary N) is 1. The van der Waals surface area contributed by atoms with Crippen molar-refractivity contribution in [1.29, 1.82) is 0 Å². The Labute approximate surface area is 136 Å². The summed E-state index contributed by atoms with van der Waals surface area (Å²) in [6, 6.07) is 12.4. The molecule has 1 N–H and O–H groups in total. The number of rotatable bonds is 3. The first-order valence-corrected chi connectivity index (χ1v) is 7.21. The molecule has 116 valence electrons. The van der Waals surface area contributed by atoms with Crippen LogP contribution in [0.2, 0.25) is 5.02 Å². The summed E-state index contributed by atoms with van der Waals surface area (Å²) < 4.78 is 18.1. The quantitative estimate of drug-likeness (QED) is 0.757. The van der Waals surface area contributed by atoms with Crippen LogP contribution < -0.4 is 5.32 Å². The standard InChI is InChI=1S/C17H12ClFN2O2/c1-10-8-12(18)4-7-14(10)20-17(22)15-9-16(23-21-15)11-2-5-13(19)6-3-11/h2-9H,1H3,(H,20,22). The molecule has 0 saturated heterocycles. The summed E-state index contributed by atoms with van der Waals surface area (Å²) >= 11 is 5.89. The van der Waals surface area contributed by atoms with Crippen molar-refractivity contribution in [2.45, 2.75) is 6.92 Å². The fourth-order valence-corrected chi connectivity index (χ4v) is 2.31. The van der Waals surface area contributed by atoms with Gasteiger partial charge in [-0.25, -0.2) is 4.39 Å². The summed E-state index contributed by atoms with van der Waals surface area (Å²) in [5.41, 5.74) is 2.26. The smallest absolute Gasteiger partial charge is 0.277 e. The molecule has 1 aromatic heterocycles. The Bertz CT molecular complexity index is 859. The van der Waals surface area contributed by atoms with Crippen molar-refractivity contribution in [1.82, 2.24) is 5.16 Å². The maximum Gasteiger partial charge on any atom is 0.277 e. The lowest BCUT2D eigenvalue weighted by atomic mass is 10.1. The van der Waals surface area contributed by atoms with Crippen molar-refractivity contribution in [3.05, 3.63) is 70.6 Å². The van der Waals surface area contributed by atoms with E-state index in [0.717, 1.165) is 5.56 Å². The average molecular weight is 331 g/mol. The number of carbonyl (C=O) groups is 1. The van der Waals surface area contributed by atoms with E-state index < -0.39 is 5.91 Å². The van der Waals surface area contributed by atoms with Gasteiger partial charge in [0.2, 0.25) is 0 Å². The third-order valence-corrected chi connectivity index (χ3v) is 3.54. The highest BCUT2D eigenvalue weighted by molar-refractivity contribution is 6.30. The lowest BCUT2D eigenvalue weighted by Crippen LogP contribution is -2.12. The van der Waals surface area contributed by atoms with Crippen LogP contribution in [0.4, 0.5) is 10.1 Å². The monoisotopic (exact) mass is 330 g/mol. The summed E-state index contributed by atoms with van der Waals surface area (Å²) in [6.45, 7) is 1.84. The summed E-state index contributed by atoms with van der Waals surface area (Å²) in [4.78, 5) is 12.2. The Kier molecular flexibility index (Phi) is 4.12. The van der Waals surface area contributed by atoms with E-state index in [1.807, 2.05) is 6.92 Å². The molecule has 1 amide bonds. The Morgan fingerprint density at radius 1 is 1.17 bits per heavy atom. The number of hydrogen-bond donors (Lipinski definition) is 1. The molecule has 0 spiro atoms.